The number of amides is 1. The average Bonchev–Trinajstić information content (AvgIpc) is 2.94. The minimum Gasteiger partial charge on any atom is -0.350 e. The first-order valence-corrected chi connectivity index (χ1v) is 7.55. The zero-order valence-electron chi connectivity index (χ0n) is 12.2. The van der Waals surface area contributed by atoms with Gasteiger partial charge in [0.1, 0.15) is 0 Å². The molecular formula is C15H22ClN3O. The number of pyridine rings is 1. The molecular weight excluding hydrogens is 274 g/mol. The second kappa shape index (κ2) is 6.55. The van der Waals surface area contributed by atoms with Crippen molar-refractivity contribution in [2.75, 3.05) is 20.1 Å². The van der Waals surface area contributed by atoms with Crippen LogP contribution in [0.4, 0.5) is 0 Å². The van der Waals surface area contributed by atoms with Gasteiger partial charge >= 0.3 is 0 Å². The summed E-state index contributed by atoms with van der Waals surface area (Å²) in [4.78, 5) is 18.5. The molecule has 1 N–H and O–H groups in total. The minimum absolute atomic E-state index is 0.101. The van der Waals surface area contributed by atoms with Crippen molar-refractivity contribution in [3.63, 3.8) is 0 Å². The molecule has 0 unspecified atom stereocenters. The number of carbonyl (C=O) groups is 1. The van der Waals surface area contributed by atoms with Crippen LogP contribution >= 0.6 is 11.6 Å². The topological polar surface area (TPSA) is 45.2 Å². The summed E-state index contributed by atoms with van der Waals surface area (Å²) in [6.45, 7) is 3.83. The highest BCUT2D eigenvalue weighted by molar-refractivity contribution is 6.30. The first kappa shape index (κ1) is 15.3. The van der Waals surface area contributed by atoms with Crippen molar-refractivity contribution in [1.29, 1.82) is 0 Å². The second-order valence-electron chi connectivity index (χ2n) is 5.52. The van der Waals surface area contributed by atoms with Crippen molar-refractivity contribution in [1.82, 2.24) is 15.2 Å². The molecule has 0 aromatic carbocycles. The molecule has 1 fully saturated rings. The molecule has 1 aliphatic carbocycles. The Labute approximate surface area is 125 Å². The van der Waals surface area contributed by atoms with E-state index in [0.717, 1.165) is 19.4 Å². The van der Waals surface area contributed by atoms with Crippen LogP contribution in [0.5, 0.6) is 0 Å². The summed E-state index contributed by atoms with van der Waals surface area (Å²) >= 11 is 5.87. The number of nitrogens with zero attached hydrogens (tertiary/aromatic N) is 2. The lowest BCUT2D eigenvalue weighted by Crippen LogP contribution is -2.52. The average molecular weight is 296 g/mol. The highest BCUT2D eigenvalue weighted by Gasteiger charge is 2.37. The van der Waals surface area contributed by atoms with Crippen molar-refractivity contribution in [2.24, 2.45) is 0 Å². The van der Waals surface area contributed by atoms with Gasteiger partial charge < -0.3 is 5.32 Å². The molecule has 1 aromatic rings. The van der Waals surface area contributed by atoms with Gasteiger partial charge in [-0.05, 0) is 32.5 Å². The van der Waals surface area contributed by atoms with Crippen molar-refractivity contribution < 1.29 is 4.79 Å². The quantitative estimate of drug-likeness (QED) is 0.908. The van der Waals surface area contributed by atoms with Gasteiger partial charge in [0.2, 0.25) is 0 Å². The van der Waals surface area contributed by atoms with Gasteiger partial charge in [0.15, 0.2) is 0 Å². The highest BCUT2D eigenvalue weighted by Crippen LogP contribution is 2.33. The Kier molecular flexibility index (Phi) is 5.00. The van der Waals surface area contributed by atoms with E-state index in [4.69, 9.17) is 11.6 Å². The van der Waals surface area contributed by atoms with Gasteiger partial charge in [-0.15, -0.1) is 0 Å². The minimum atomic E-state index is -0.101. The van der Waals surface area contributed by atoms with E-state index >= 15 is 0 Å². The van der Waals surface area contributed by atoms with E-state index in [2.05, 4.69) is 29.2 Å². The normalized spacial score (nSPS) is 17.4. The van der Waals surface area contributed by atoms with Crippen LogP contribution in [0.25, 0.3) is 0 Å². The molecule has 1 saturated carbocycles. The van der Waals surface area contributed by atoms with Crippen molar-refractivity contribution in [3.05, 3.63) is 29.0 Å². The van der Waals surface area contributed by atoms with Crippen molar-refractivity contribution in [2.45, 2.75) is 38.1 Å². The predicted octanol–water partition coefficient (Wildman–Crippen LogP) is 2.73. The maximum Gasteiger partial charge on any atom is 0.252 e. The second-order valence-corrected chi connectivity index (χ2v) is 5.96. The number of nitrogens with one attached hydrogen (secondary N) is 1. The van der Waals surface area contributed by atoms with E-state index < -0.39 is 0 Å². The Morgan fingerprint density at radius 1 is 1.45 bits per heavy atom. The van der Waals surface area contributed by atoms with Crippen LogP contribution in [-0.2, 0) is 0 Å². The lowest BCUT2D eigenvalue weighted by Gasteiger charge is -2.38. The number of halogens is 1. The van der Waals surface area contributed by atoms with E-state index in [1.54, 1.807) is 12.3 Å². The summed E-state index contributed by atoms with van der Waals surface area (Å²) < 4.78 is 0. The summed E-state index contributed by atoms with van der Waals surface area (Å²) in [6, 6.07) is 1.65. The lowest BCUT2D eigenvalue weighted by atomic mass is 9.95. The Hall–Kier alpha value is -1.13. The van der Waals surface area contributed by atoms with E-state index in [1.807, 2.05) is 0 Å². The molecule has 0 radical (unpaired) electrons. The van der Waals surface area contributed by atoms with Gasteiger partial charge in [0, 0.05) is 24.5 Å². The first-order valence-electron chi connectivity index (χ1n) is 7.17. The molecule has 1 heterocycles. The van der Waals surface area contributed by atoms with Gasteiger partial charge in [-0.1, -0.05) is 31.4 Å². The van der Waals surface area contributed by atoms with E-state index in [1.165, 1.54) is 19.0 Å². The third-order valence-electron chi connectivity index (χ3n) is 4.36. The van der Waals surface area contributed by atoms with Crippen LogP contribution in [-0.4, -0.2) is 41.5 Å². The molecule has 1 aliphatic rings. The molecule has 0 bridgehead atoms. The largest absolute Gasteiger partial charge is 0.350 e. The molecule has 0 saturated heterocycles. The van der Waals surface area contributed by atoms with Crippen LogP contribution in [0, 0.1) is 0 Å². The van der Waals surface area contributed by atoms with Gasteiger partial charge in [-0.3, -0.25) is 14.7 Å². The van der Waals surface area contributed by atoms with Gasteiger partial charge in [-0.25, -0.2) is 0 Å². The molecule has 0 spiro atoms. The molecule has 0 aliphatic heterocycles. The summed E-state index contributed by atoms with van der Waals surface area (Å²) in [7, 11) is 2.14. The number of aromatic nitrogens is 1. The lowest BCUT2D eigenvalue weighted by molar-refractivity contribution is 0.0874. The monoisotopic (exact) mass is 295 g/mol. The maximum atomic E-state index is 12.2. The highest BCUT2D eigenvalue weighted by atomic mass is 35.5. The predicted molar refractivity (Wildman–Crippen MR) is 81.1 cm³/mol. The number of hydrogen-bond acceptors (Lipinski definition) is 3. The number of rotatable bonds is 5. The summed E-state index contributed by atoms with van der Waals surface area (Å²) in [5, 5.41) is 3.53. The Morgan fingerprint density at radius 3 is 2.75 bits per heavy atom. The standard InChI is InChI=1S/C15H22ClN3O/c1-3-19(2)15(6-4-5-7-15)11-18-14(20)12-8-13(16)10-17-9-12/h8-10H,3-7,11H2,1-2H3,(H,18,20). The van der Waals surface area contributed by atoms with Crippen LogP contribution in [0.3, 0.4) is 0 Å². The molecule has 20 heavy (non-hydrogen) atoms. The van der Waals surface area contributed by atoms with Crippen LogP contribution in [0.1, 0.15) is 43.0 Å². The zero-order valence-corrected chi connectivity index (χ0v) is 12.9. The molecule has 0 atom stereocenters. The van der Waals surface area contributed by atoms with Gasteiger partial charge in [0.25, 0.3) is 5.91 Å². The van der Waals surface area contributed by atoms with Crippen molar-refractivity contribution >= 4 is 17.5 Å². The fourth-order valence-corrected chi connectivity index (χ4v) is 3.12. The van der Waals surface area contributed by atoms with E-state index in [9.17, 15) is 4.79 Å². The summed E-state index contributed by atoms with van der Waals surface area (Å²) in [5.41, 5.74) is 0.626. The van der Waals surface area contributed by atoms with Crippen molar-refractivity contribution in [3.8, 4) is 0 Å². The molecule has 2 rings (SSSR count). The Bertz CT molecular complexity index is 472. The maximum absolute atomic E-state index is 12.2. The number of hydrogen-bond donors (Lipinski definition) is 1. The zero-order chi connectivity index (χ0) is 14.6. The third-order valence-corrected chi connectivity index (χ3v) is 4.57. The molecule has 5 heteroatoms. The summed E-state index contributed by atoms with van der Waals surface area (Å²) in [5.74, 6) is -0.101. The van der Waals surface area contributed by atoms with Gasteiger partial charge in [-0.2, -0.15) is 0 Å². The van der Waals surface area contributed by atoms with Crippen LogP contribution < -0.4 is 5.32 Å². The van der Waals surface area contributed by atoms with Crippen LogP contribution in [0.2, 0.25) is 5.02 Å². The van der Waals surface area contributed by atoms with Crippen LogP contribution in [0.15, 0.2) is 18.5 Å². The van der Waals surface area contributed by atoms with E-state index in [-0.39, 0.29) is 11.4 Å². The summed E-state index contributed by atoms with van der Waals surface area (Å²) in [6.07, 6.45) is 7.84. The van der Waals surface area contributed by atoms with Gasteiger partial charge in [0.05, 0.1) is 10.6 Å². The smallest absolute Gasteiger partial charge is 0.252 e. The number of likely N-dealkylation sites (N-methyl/N-ethyl adjacent to an activating group) is 1. The van der Waals surface area contributed by atoms with E-state index in [0.29, 0.717) is 17.1 Å². The fourth-order valence-electron chi connectivity index (χ4n) is 2.94. The molecule has 110 valence electrons. The fraction of sp³-hybridized carbons (Fsp3) is 0.600. The molecule has 1 amide bonds. The first-order chi connectivity index (χ1) is 9.57. The number of carbonyl (C=O) groups excluding carboxylic acids is 1. The molecule has 1 aromatic heterocycles. The Balaban J connectivity index is 2.01. The third kappa shape index (κ3) is 3.30. The Morgan fingerprint density at radius 2 is 2.15 bits per heavy atom. The molecule has 4 nitrogen and oxygen atoms in total. The SMILES string of the molecule is CCN(C)C1(CNC(=O)c2cncc(Cl)c2)CCCC1.